The summed E-state index contributed by atoms with van der Waals surface area (Å²) in [4.78, 5) is 34.5. The summed E-state index contributed by atoms with van der Waals surface area (Å²) in [5.74, 6) is -0.127. The number of hydrogen-bond acceptors (Lipinski definition) is 7. The number of benzene rings is 1. The Bertz CT molecular complexity index is 1320. The Labute approximate surface area is 216 Å². The summed E-state index contributed by atoms with van der Waals surface area (Å²) in [6, 6.07) is 9.23. The lowest BCUT2D eigenvalue weighted by Crippen LogP contribution is -2.36. The molecule has 0 unspecified atom stereocenters. The minimum absolute atomic E-state index is 0.0117. The van der Waals surface area contributed by atoms with Crippen molar-refractivity contribution in [2.24, 2.45) is 21.8 Å². The molecule has 0 fully saturated rings. The van der Waals surface area contributed by atoms with Crippen LogP contribution in [0.15, 0.2) is 56.2 Å². The number of rotatable bonds is 11. The zero-order valence-corrected chi connectivity index (χ0v) is 22.5. The van der Waals surface area contributed by atoms with Gasteiger partial charge in [0.1, 0.15) is 18.8 Å². The third-order valence-corrected chi connectivity index (χ3v) is 6.29. The van der Waals surface area contributed by atoms with Gasteiger partial charge in [0.2, 0.25) is 5.91 Å². The molecule has 0 saturated carbocycles. The van der Waals surface area contributed by atoms with Crippen LogP contribution in [0, 0.1) is 19.8 Å². The van der Waals surface area contributed by atoms with Crippen molar-refractivity contribution in [3.8, 4) is 0 Å². The summed E-state index contributed by atoms with van der Waals surface area (Å²) >= 11 is 0. The number of ether oxygens (including phenoxy) is 1. The number of anilines is 1. The highest BCUT2D eigenvalue weighted by atomic mass is 32.2. The number of carbonyl (C=O) groups is 1. The third-order valence-electron chi connectivity index (χ3n) is 4.92. The van der Waals surface area contributed by atoms with E-state index in [1.165, 1.54) is 22.8 Å². The van der Waals surface area contributed by atoms with Crippen molar-refractivity contribution in [3.63, 3.8) is 0 Å². The van der Waals surface area contributed by atoms with Crippen LogP contribution < -0.4 is 21.3 Å². The molecule has 1 aromatic heterocycles. The van der Waals surface area contributed by atoms with E-state index in [2.05, 4.69) is 20.2 Å². The average Bonchev–Trinajstić information content (AvgIpc) is 2.83. The number of guanidine groups is 1. The number of aliphatic imine (C=N–C) groups is 1. The average molecular weight is 535 g/mol. The zero-order chi connectivity index (χ0) is 27.6. The predicted octanol–water partition coefficient (Wildman–Crippen LogP) is 1.72. The summed E-state index contributed by atoms with van der Waals surface area (Å²) in [6.07, 6.45) is 0. The van der Waals surface area contributed by atoms with E-state index in [4.69, 9.17) is 15.3 Å². The number of nitrogens with zero attached hydrogens (tertiary/aromatic N) is 3. The highest BCUT2D eigenvalue weighted by Gasteiger charge is 2.18. The van der Waals surface area contributed by atoms with Crippen LogP contribution in [0.5, 0.6) is 0 Å². The number of pyridine rings is 1. The van der Waals surface area contributed by atoms with Gasteiger partial charge in [0.05, 0.1) is 18.0 Å². The largest absolute Gasteiger partial charge is 0.481 e. The van der Waals surface area contributed by atoms with Gasteiger partial charge in [-0.15, -0.1) is 0 Å². The first-order valence-electron chi connectivity index (χ1n) is 11.7. The third kappa shape index (κ3) is 8.94. The number of hydrogen-bond donors (Lipinski definition) is 3. The van der Waals surface area contributed by atoms with E-state index in [-0.39, 0.29) is 42.2 Å². The molecule has 1 amide bonds. The van der Waals surface area contributed by atoms with Crippen molar-refractivity contribution in [2.75, 3.05) is 24.5 Å². The van der Waals surface area contributed by atoms with Crippen LogP contribution in [0.2, 0.25) is 0 Å². The van der Waals surface area contributed by atoms with E-state index in [1.54, 1.807) is 32.0 Å². The fraction of sp³-hybridized carbons (Fsp3) is 0.417. The lowest BCUT2D eigenvalue weighted by molar-refractivity contribution is -0.122. The molecule has 0 spiro atoms. The summed E-state index contributed by atoms with van der Waals surface area (Å²) in [5, 5.41) is 6.27. The second-order valence-corrected chi connectivity index (χ2v) is 10.1. The molecule has 13 heteroatoms. The van der Waals surface area contributed by atoms with Crippen LogP contribution in [0.3, 0.4) is 0 Å². The number of aryl methyl sites for hydroxylation is 2. The molecule has 1 heterocycles. The first-order valence-corrected chi connectivity index (χ1v) is 13.2. The number of amides is 1. The van der Waals surface area contributed by atoms with Crippen molar-refractivity contribution in [1.29, 1.82) is 0 Å². The smallest absolute Gasteiger partial charge is 0.275 e. The first kappa shape index (κ1) is 29.4. The summed E-state index contributed by atoms with van der Waals surface area (Å²) in [7, 11) is -3.98. The van der Waals surface area contributed by atoms with Crippen LogP contribution in [-0.4, -0.2) is 50.5 Å². The van der Waals surface area contributed by atoms with Gasteiger partial charge in [-0.2, -0.15) is 4.99 Å². The van der Waals surface area contributed by atoms with Gasteiger partial charge >= 0.3 is 0 Å². The van der Waals surface area contributed by atoms with E-state index < -0.39 is 21.5 Å². The normalized spacial score (nSPS) is 12.4. The van der Waals surface area contributed by atoms with Gasteiger partial charge in [-0.3, -0.25) is 14.3 Å². The highest BCUT2D eigenvalue weighted by molar-refractivity contribution is 7.92. The molecule has 0 atom stereocenters. The zero-order valence-electron chi connectivity index (χ0n) is 21.6. The van der Waals surface area contributed by atoms with Crippen molar-refractivity contribution < 1.29 is 22.8 Å². The van der Waals surface area contributed by atoms with Gasteiger partial charge in [0.15, 0.2) is 5.90 Å². The fourth-order valence-electron chi connectivity index (χ4n) is 3.09. The second-order valence-electron chi connectivity index (χ2n) is 8.37. The summed E-state index contributed by atoms with van der Waals surface area (Å²) in [6.45, 7) is 9.28. The molecule has 2 rings (SSSR count). The van der Waals surface area contributed by atoms with Crippen molar-refractivity contribution in [3.05, 3.63) is 58.0 Å². The predicted molar refractivity (Wildman–Crippen MR) is 142 cm³/mol. The Morgan fingerprint density at radius 2 is 1.92 bits per heavy atom. The van der Waals surface area contributed by atoms with Crippen molar-refractivity contribution in [1.82, 2.24) is 9.88 Å². The molecular formula is C24H34N6O6S. The van der Waals surface area contributed by atoms with E-state index in [0.717, 1.165) is 5.56 Å². The highest BCUT2D eigenvalue weighted by Crippen LogP contribution is 2.15. The minimum atomic E-state index is -3.98. The van der Waals surface area contributed by atoms with Crippen LogP contribution in [-0.2, 0) is 30.9 Å². The first-order chi connectivity index (χ1) is 17.4. The van der Waals surface area contributed by atoms with Gasteiger partial charge in [0.25, 0.3) is 21.5 Å². The lowest BCUT2D eigenvalue weighted by atomic mass is 10.2. The molecule has 2 aromatic rings. The molecule has 37 heavy (non-hydrogen) atoms. The molecule has 4 N–H and O–H groups in total. The van der Waals surface area contributed by atoms with Crippen LogP contribution >= 0.6 is 0 Å². The summed E-state index contributed by atoms with van der Waals surface area (Å²) in [5.41, 5.74) is 6.14. The number of carbonyl (C=O) groups excluding carboxylic acids is 1. The van der Waals surface area contributed by atoms with Gasteiger partial charge in [-0.25, -0.2) is 8.42 Å². The standard InChI is InChI=1S/C24H34N6O6S/c1-6-35-22(16(2)3)27-24(25)28-36-13-12-26-21(31)15-30-18(5)10-11-20(23(30)32)29-37(33,34)19-9-7-8-17(4)14-19/h7-11,14,16,29H,6,12-13,15H2,1-5H3,(H2,25,28)(H,26,31)/b27-22+. The molecular weight excluding hydrogens is 500 g/mol. The topological polar surface area (TPSA) is 166 Å². The molecule has 0 aliphatic carbocycles. The number of oxime groups is 1. The molecule has 1 aromatic carbocycles. The van der Waals surface area contributed by atoms with Gasteiger partial charge in [0, 0.05) is 11.6 Å². The molecule has 202 valence electrons. The molecule has 0 aliphatic heterocycles. The van der Waals surface area contributed by atoms with Gasteiger partial charge in [-0.1, -0.05) is 26.0 Å². The Hall–Kier alpha value is -3.87. The fourth-order valence-corrected chi connectivity index (χ4v) is 4.25. The number of sulfonamides is 1. The van der Waals surface area contributed by atoms with Crippen LogP contribution in [0.4, 0.5) is 5.69 Å². The van der Waals surface area contributed by atoms with Gasteiger partial charge < -0.3 is 25.2 Å². The van der Waals surface area contributed by atoms with Crippen molar-refractivity contribution in [2.45, 2.75) is 46.1 Å². The number of nitrogens with two attached hydrogens (primary N) is 1. The van der Waals surface area contributed by atoms with E-state index >= 15 is 0 Å². The Kier molecular flexibility index (Phi) is 10.7. The van der Waals surface area contributed by atoms with E-state index in [0.29, 0.717) is 18.2 Å². The quantitative estimate of drug-likeness (QED) is 0.171. The molecule has 0 radical (unpaired) electrons. The molecule has 0 bridgehead atoms. The monoisotopic (exact) mass is 534 g/mol. The summed E-state index contributed by atoms with van der Waals surface area (Å²) < 4.78 is 34.3. The Morgan fingerprint density at radius 3 is 2.57 bits per heavy atom. The number of aromatic nitrogens is 1. The Morgan fingerprint density at radius 1 is 1.19 bits per heavy atom. The van der Waals surface area contributed by atoms with Gasteiger partial charge in [-0.05, 0) is 55.8 Å². The van der Waals surface area contributed by atoms with Crippen molar-refractivity contribution >= 4 is 33.5 Å². The second kappa shape index (κ2) is 13.4. The van der Waals surface area contributed by atoms with E-state index in [1.807, 2.05) is 20.8 Å². The SMILES string of the molecule is CCO/C(=N/C(N)=N/OCCNC(=O)Cn1c(C)ccc(NS(=O)(=O)c2cccc(C)c2)c1=O)C(C)C. The maximum atomic E-state index is 12.9. The molecule has 0 saturated heterocycles. The Balaban J connectivity index is 1.98. The molecule has 0 aliphatic rings. The maximum Gasteiger partial charge on any atom is 0.275 e. The van der Waals surface area contributed by atoms with E-state index in [9.17, 15) is 18.0 Å². The minimum Gasteiger partial charge on any atom is -0.481 e. The van der Waals surface area contributed by atoms with Crippen LogP contribution in [0.1, 0.15) is 32.0 Å². The molecule has 12 nitrogen and oxygen atoms in total. The maximum absolute atomic E-state index is 12.9. The lowest BCUT2D eigenvalue weighted by Gasteiger charge is -2.13. The van der Waals surface area contributed by atoms with Crippen LogP contribution in [0.25, 0.3) is 0 Å². The number of nitrogens with one attached hydrogen (secondary N) is 2.